The van der Waals surface area contributed by atoms with E-state index >= 15 is 0 Å². The molecular weight excluding hydrogens is 404 g/mol. The monoisotopic (exact) mass is 418 g/mol. The molecular formula is C18H15BrN2OS2. The first-order valence-electron chi connectivity index (χ1n) is 7.26. The molecule has 0 saturated carbocycles. The second-order valence-electron chi connectivity index (χ2n) is 5.48. The normalized spacial score (nSPS) is 16.1. The van der Waals surface area contributed by atoms with Crippen LogP contribution in [0.4, 0.5) is 11.4 Å². The number of rotatable bonds is 3. The minimum Gasteiger partial charge on any atom is -0.378 e. The quantitative estimate of drug-likeness (QED) is 0.521. The maximum Gasteiger partial charge on any atom is 0.270 e. The molecule has 122 valence electrons. The fourth-order valence-electron chi connectivity index (χ4n) is 2.30. The standard InChI is InChI=1S/C18H15BrN2OS2/c1-20(2)14-7-9-15(10-8-14)21-17(22)16(24-18(21)23)11-12-3-5-13(19)6-4-12/h3-11H,1-2H3/b16-11-. The van der Waals surface area contributed by atoms with Crippen molar-refractivity contribution >= 4 is 67.6 Å². The topological polar surface area (TPSA) is 23.6 Å². The highest BCUT2D eigenvalue weighted by atomic mass is 79.9. The summed E-state index contributed by atoms with van der Waals surface area (Å²) in [4.78, 5) is 17.0. The lowest BCUT2D eigenvalue weighted by Crippen LogP contribution is -2.27. The number of thiocarbonyl (C=S) groups is 1. The number of thioether (sulfide) groups is 1. The van der Waals surface area contributed by atoms with E-state index < -0.39 is 0 Å². The van der Waals surface area contributed by atoms with Gasteiger partial charge in [0.1, 0.15) is 0 Å². The Bertz CT molecular complexity index is 814. The average molecular weight is 419 g/mol. The first-order chi connectivity index (χ1) is 11.5. The Morgan fingerprint density at radius 3 is 2.29 bits per heavy atom. The Balaban J connectivity index is 1.87. The highest BCUT2D eigenvalue weighted by Gasteiger charge is 2.33. The number of amides is 1. The number of hydrogen-bond donors (Lipinski definition) is 0. The first-order valence-corrected chi connectivity index (χ1v) is 9.28. The molecule has 1 saturated heterocycles. The van der Waals surface area contributed by atoms with Crippen LogP contribution in [-0.4, -0.2) is 24.3 Å². The van der Waals surface area contributed by atoms with E-state index in [1.54, 1.807) is 4.90 Å². The largest absolute Gasteiger partial charge is 0.378 e. The van der Waals surface area contributed by atoms with Crippen LogP contribution < -0.4 is 9.80 Å². The molecule has 1 aliphatic rings. The number of halogens is 1. The summed E-state index contributed by atoms with van der Waals surface area (Å²) in [5, 5.41) is 0. The van der Waals surface area contributed by atoms with E-state index in [0.29, 0.717) is 9.23 Å². The second-order valence-corrected chi connectivity index (χ2v) is 8.07. The smallest absolute Gasteiger partial charge is 0.270 e. The molecule has 0 aromatic heterocycles. The van der Waals surface area contributed by atoms with Gasteiger partial charge in [0.15, 0.2) is 4.32 Å². The van der Waals surface area contributed by atoms with Crippen molar-refractivity contribution in [2.75, 3.05) is 23.9 Å². The predicted molar refractivity (Wildman–Crippen MR) is 111 cm³/mol. The molecule has 1 fully saturated rings. The number of nitrogens with zero attached hydrogens (tertiary/aromatic N) is 2. The molecule has 0 bridgehead atoms. The van der Waals surface area contributed by atoms with Crippen LogP contribution in [0.5, 0.6) is 0 Å². The van der Waals surface area contributed by atoms with Crippen molar-refractivity contribution in [1.29, 1.82) is 0 Å². The van der Waals surface area contributed by atoms with Crippen molar-refractivity contribution in [3.05, 3.63) is 63.5 Å². The maximum absolute atomic E-state index is 12.7. The third-order valence-corrected chi connectivity index (χ3v) is 5.42. The zero-order valence-electron chi connectivity index (χ0n) is 13.2. The van der Waals surface area contributed by atoms with Gasteiger partial charge in [-0.25, -0.2) is 0 Å². The van der Waals surface area contributed by atoms with E-state index in [1.807, 2.05) is 73.6 Å². The molecule has 1 aliphatic heterocycles. The lowest BCUT2D eigenvalue weighted by Gasteiger charge is -2.17. The molecule has 0 unspecified atom stereocenters. The number of carbonyl (C=O) groups excluding carboxylic acids is 1. The molecule has 3 nitrogen and oxygen atoms in total. The Hall–Kier alpha value is -1.63. The third kappa shape index (κ3) is 3.55. The lowest BCUT2D eigenvalue weighted by atomic mass is 10.2. The summed E-state index contributed by atoms with van der Waals surface area (Å²) in [6.07, 6.45) is 1.87. The van der Waals surface area contributed by atoms with Crippen molar-refractivity contribution in [3.63, 3.8) is 0 Å². The van der Waals surface area contributed by atoms with Crippen molar-refractivity contribution in [2.24, 2.45) is 0 Å². The molecule has 0 atom stereocenters. The van der Waals surface area contributed by atoms with E-state index in [0.717, 1.165) is 21.4 Å². The SMILES string of the molecule is CN(C)c1ccc(N2C(=O)/C(=C/c3ccc(Br)cc3)SC2=S)cc1. The van der Waals surface area contributed by atoms with Gasteiger partial charge in [0.05, 0.1) is 10.6 Å². The van der Waals surface area contributed by atoms with Crippen molar-refractivity contribution < 1.29 is 4.79 Å². The first kappa shape index (κ1) is 17.2. The van der Waals surface area contributed by atoms with Gasteiger partial charge in [-0.3, -0.25) is 9.69 Å². The molecule has 3 rings (SSSR count). The second kappa shape index (κ2) is 7.09. The van der Waals surface area contributed by atoms with Gasteiger partial charge in [-0.15, -0.1) is 0 Å². The Kier molecular flexibility index (Phi) is 5.08. The maximum atomic E-state index is 12.7. The summed E-state index contributed by atoms with van der Waals surface area (Å²) >= 11 is 10.2. The fourth-order valence-corrected chi connectivity index (χ4v) is 3.86. The van der Waals surface area contributed by atoms with Crippen LogP contribution in [0.3, 0.4) is 0 Å². The molecule has 24 heavy (non-hydrogen) atoms. The van der Waals surface area contributed by atoms with E-state index in [-0.39, 0.29) is 5.91 Å². The van der Waals surface area contributed by atoms with Crippen LogP contribution in [0.25, 0.3) is 6.08 Å². The van der Waals surface area contributed by atoms with Crippen LogP contribution in [0.2, 0.25) is 0 Å². The third-order valence-electron chi connectivity index (χ3n) is 3.59. The molecule has 0 radical (unpaired) electrons. The van der Waals surface area contributed by atoms with Gasteiger partial charge in [-0.1, -0.05) is 52.0 Å². The fraction of sp³-hybridized carbons (Fsp3) is 0.111. The Labute approximate surface area is 159 Å². The minimum absolute atomic E-state index is 0.0782. The summed E-state index contributed by atoms with van der Waals surface area (Å²) in [5.41, 5.74) is 2.85. The van der Waals surface area contributed by atoms with E-state index in [4.69, 9.17) is 12.2 Å². The van der Waals surface area contributed by atoms with Crippen LogP contribution in [0.1, 0.15) is 5.56 Å². The Morgan fingerprint density at radius 2 is 1.71 bits per heavy atom. The van der Waals surface area contributed by atoms with Crippen LogP contribution in [0, 0.1) is 0 Å². The summed E-state index contributed by atoms with van der Waals surface area (Å²) in [6, 6.07) is 15.6. The molecule has 2 aromatic carbocycles. The highest BCUT2D eigenvalue weighted by Crippen LogP contribution is 2.36. The van der Waals surface area contributed by atoms with Gasteiger partial charge in [-0.2, -0.15) is 0 Å². The van der Waals surface area contributed by atoms with Gasteiger partial charge in [0.2, 0.25) is 0 Å². The molecule has 0 spiro atoms. The number of hydrogen-bond acceptors (Lipinski definition) is 4. The summed E-state index contributed by atoms with van der Waals surface area (Å²) in [6.45, 7) is 0. The molecule has 0 aliphatic carbocycles. The van der Waals surface area contributed by atoms with E-state index in [9.17, 15) is 4.79 Å². The number of anilines is 2. The Morgan fingerprint density at radius 1 is 1.08 bits per heavy atom. The van der Waals surface area contributed by atoms with Gasteiger partial charge >= 0.3 is 0 Å². The van der Waals surface area contributed by atoms with Gasteiger partial charge < -0.3 is 4.90 Å². The van der Waals surface area contributed by atoms with Crippen LogP contribution in [0.15, 0.2) is 57.9 Å². The van der Waals surface area contributed by atoms with Gasteiger partial charge in [-0.05, 0) is 48.0 Å². The zero-order valence-corrected chi connectivity index (χ0v) is 16.4. The summed E-state index contributed by atoms with van der Waals surface area (Å²) < 4.78 is 1.56. The van der Waals surface area contributed by atoms with Crippen molar-refractivity contribution in [2.45, 2.75) is 0 Å². The summed E-state index contributed by atoms with van der Waals surface area (Å²) in [7, 11) is 3.96. The van der Waals surface area contributed by atoms with E-state index in [1.165, 1.54) is 11.8 Å². The van der Waals surface area contributed by atoms with Crippen molar-refractivity contribution in [1.82, 2.24) is 0 Å². The van der Waals surface area contributed by atoms with Gasteiger partial charge in [0, 0.05) is 24.3 Å². The van der Waals surface area contributed by atoms with Crippen LogP contribution >= 0.6 is 39.9 Å². The predicted octanol–water partition coefficient (Wildman–Crippen LogP) is 4.92. The minimum atomic E-state index is -0.0782. The lowest BCUT2D eigenvalue weighted by molar-refractivity contribution is -0.113. The molecule has 6 heteroatoms. The highest BCUT2D eigenvalue weighted by molar-refractivity contribution is 9.10. The molecule has 0 N–H and O–H groups in total. The van der Waals surface area contributed by atoms with E-state index in [2.05, 4.69) is 15.9 Å². The number of carbonyl (C=O) groups is 1. The summed E-state index contributed by atoms with van der Waals surface area (Å²) in [5.74, 6) is -0.0782. The van der Waals surface area contributed by atoms with Crippen LogP contribution in [-0.2, 0) is 4.79 Å². The molecule has 2 aromatic rings. The zero-order chi connectivity index (χ0) is 17.3. The van der Waals surface area contributed by atoms with Crippen molar-refractivity contribution in [3.8, 4) is 0 Å². The molecule has 1 heterocycles. The number of benzene rings is 2. The van der Waals surface area contributed by atoms with Gasteiger partial charge in [0.25, 0.3) is 5.91 Å². The average Bonchev–Trinajstić information content (AvgIpc) is 2.83. The molecule has 1 amide bonds.